The smallest absolute Gasteiger partial charge is 0.266 e. The highest BCUT2D eigenvalue weighted by atomic mass is 16.1. The van der Waals surface area contributed by atoms with Gasteiger partial charge in [-0.3, -0.25) is 4.79 Å². The molecule has 21 heavy (non-hydrogen) atoms. The summed E-state index contributed by atoms with van der Waals surface area (Å²) in [6.07, 6.45) is 10.1. The molecule has 1 atom stereocenters. The van der Waals surface area contributed by atoms with Crippen LogP contribution < -0.4 is 10.9 Å². The van der Waals surface area contributed by atoms with Gasteiger partial charge in [-0.1, -0.05) is 0 Å². The third kappa shape index (κ3) is 2.24. The quantitative estimate of drug-likeness (QED) is 0.922. The van der Waals surface area contributed by atoms with E-state index in [1.165, 1.54) is 38.5 Å². The lowest BCUT2D eigenvalue weighted by atomic mass is 9.47. The van der Waals surface area contributed by atoms with E-state index in [9.17, 15) is 4.79 Å². The van der Waals surface area contributed by atoms with Crippen LogP contribution in [0.2, 0.25) is 0 Å². The summed E-state index contributed by atoms with van der Waals surface area (Å²) in [6.45, 7) is 0.711. The van der Waals surface area contributed by atoms with Crippen LogP contribution in [0.4, 0.5) is 0 Å². The molecule has 4 saturated carbocycles. The maximum Gasteiger partial charge on any atom is 0.266 e. The van der Waals surface area contributed by atoms with Crippen molar-refractivity contribution in [3.8, 4) is 0 Å². The topological polar surface area (TPSA) is 46.9 Å². The number of nitrogens with zero attached hydrogens (tertiary/aromatic N) is 2. The van der Waals surface area contributed by atoms with Gasteiger partial charge < -0.3 is 5.32 Å². The van der Waals surface area contributed by atoms with E-state index in [4.69, 9.17) is 0 Å². The first-order chi connectivity index (χ1) is 10.2. The number of aromatic nitrogens is 2. The fourth-order valence-corrected chi connectivity index (χ4v) is 5.89. The van der Waals surface area contributed by atoms with Crippen LogP contribution in [0.5, 0.6) is 0 Å². The van der Waals surface area contributed by atoms with E-state index in [-0.39, 0.29) is 5.56 Å². The average Bonchev–Trinajstić information content (AvgIpc) is 2.44. The maximum absolute atomic E-state index is 12.0. The van der Waals surface area contributed by atoms with Crippen molar-refractivity contribution in [1.29, 1.82) is 0 Å². The Morgan fingerprint density at radius 3 is 2.43 bits per heavy atom. The van der Waals surface area contributed by atoms with Crippen molar-refractivity contribution in [3.05, 3.63) is 28.7 Å². The number of likely N-dealkylation sites (N-methyl/N-ethyl adjacent to an activating group) is 1. The number of rotatable bonds is 4. The first-order valence-corrected chi connectivity index (χ1v) is 8.38. The van der Waals surface area contributed by atoms with E-state index in [1.807, 2.05) is 0 Å². The molecule has 4 aliphatic rings. The first-order valence-electron chi connectivity index (χ1n) is 8.38. The van der Waals surface area contributed by atoms with Crippen molar-refractivity contribution in [2.75, 3.05) is 7.05 Å². The van der Waals surface area contributed by atoms with Gasteiger partial charge in [0.25, 0.3) is 5.56 Å². The summed E-state index contributed by atoms with van der Waals surface area (Å²) in [6, 6.07) is 3.70. The molecule has 1 heterocycles. The Labute approximate surface area is 125 Å². The van der Waals surface area contributed by atoms with Gasteiger partial charge in [0.1, 0.15) is 0 Å². The summed E-state index contributed by atoms with van der Waals surface area (Å²) in [4.78, 5) is 12.0. The van der Waals surface area contributed by atoms with Gasteiger partial charge in [-0.25, -0.2) is 4.68 Å². The molecule has 0 amide bonds. The van der Waals surface area contributed by atoms with Crippen molar-refractivity contribution in [1.82, 2.24) is 15.1 Å². The molecule has 0 saturated heterocycles. The highest BCUT2D eigenvalue weighted by Gasteiger charge is 2.53. The number of nitrogens with one attached hydrogen (secondary N) is 1. The molecule has 4 bridgehead atoms. The average molecular weight is 287 g/mol. The predicted molar refractivity (Wildman–Crippen MR) is 81.9 cm³/mol. The Kier molecular flexibility index (Phi) is 3.18. The lowest BCUT2D eigenvalue weighted by Gasteiger charge is -2.59. The van der Waals surface area contributed by atoms with Crippen molar-refractivity contribution in [2.45, 2.75) is 51.1 Å². The molecule has 0 radical (unpaired) electrons. The van der Waals surface area contributed by atoms with Crippen molar-refractivity contribution in [3.63, 3.8) is 0 Å². The molecule has 4 heteroatoms. The zero-order chi connectivity index (χ0) is 14.4. The second-order valence-electron chi connectivity index (χ2n) is 7.67. The summed E-state index contributed by atoms with van der Waals surface area (Å²) in [5.74, 6) is 2.81. The monoisotopic (exact) mass is 287 g/mol. The fraction of sp³-hybridized carbons (Fsp3) is 0.765. The van der Waals surface area contributed by atoms with Crippen molar-refractivity contribution in [2.24, 2.45) is 23.2 Å². The Hall–Kier alpha value is -1.16. The van der Waals surface area contributed by atoms with Crippen LogP contribution in [0.1, 0.15) is 38.5 Å². The highest BCUT2D eigenvalue weighted by Crippen LogP contribution is 2.61. The number of hydrogen-bond donors (Lipinski definition) is 1. The second-order valence-corrected chi connectivity index (χ2v) is 7.67. The van der Waals surface area contributed by atoms with E-state index >= 15 is 0 Å². The molecule has 1 N–H and O–H groups in total. The molecule has 114 valence electrons. The van der Waals surface area contributed by atoms with E-state index in [1.54, 1.807) is 23.0 Å². The summed E-state index contributed by atoms with van der Waals surface area (Å²) in [5.41, 5.74) is 0.419. The molecule has 4 fully saturated rings. The normalized spacial score (nSPS) is 38.6. The Morgan fingerprint density at radius 1 is 1.29 bits per heavy atom. The van der Waals surface area contributed by atoms with Gasteiger partial charge in [-0.05, 0) is 74.8 Å². The summed E-state index contributed by atoms with van der Waals surface area (Å²) < 4.78 is 1.64. The van der Waals surface area contributed by atoms with Gasteiger partial charge in [0.05, 0.1) is 6.54 Å². The third-order valence-corrected chi connectivity index (χ3v) is 6.31. The van der Waals surface area contributed by atoms with Crippen LogP contribution in [-0.2, 0) is 6.54 Å². The maximum atomic E-state index is 12.0. The highest BCUT2D eigenvalue weighted by molar-refractivity contribution is 5.06. The minimum Gasteiger partial charge on any atom is -0.315 e. The van der Waals surface area contributed by atoms with Gasteiger partial charge >= 0.3 is 0 Å². The second kappa shape index (κ2) is 4.94. The van der Waals surface area contributed by atoms with Gasteiger partial charge in [0.2, 0.25) is 0 Å². The summed E-state index contributed by atoms with van der Waals surface area (Å²) in [5, 5.41) is 7.79. The molecule has 1 aromatic heterocycles. The zero-order valence-electron chi connectivity index (χ0n) is 12.8. The summed E-state index contributed by atoms with van der Waals surface area (Å²) in [7, 11) is 2.05. The third-order valence-electron chi connectivity index (χ3n) is 6.31. The van der Waals surface area contributed by atoms with Crippen LogP contribution in [-0.4, -0.2) is 22.9 Å². The molecule has 1 unspecified atom stereocenters. The van der Waals surface area contributed by atoms with Crippen LogP contribution >= 0.6 is 0 Å². The van der Waals surface area contributed by atoms with Crippen molar-refractivity contribution >= 4 is 0 Å². The Balaban J connectivity index is 1.61. The Bertz CT molecular complexity index is 544. The van der Waals surface area contributed by atoms with E-state index in [0.717, 1.165) is 17.8 Å². The molecule has 0 spiro atoms. The van der Waals surface area contributed by atoms with Crippen LogP contribution in [0.25, 0.3) is 0 Å². The van der Waals surface area contributed by atoms with Crippen LogP contribution in [0.3, 0.4) is 0 Å². The van der Waals surface area contributed by atoms with E-state index in [2.05, 4.69) is 17.5 Å². The van der Waals surface area contributed by atoms with E-state index in [0.29, 0.717) is 18.0 Å². The SMILES string of the molecule is CNC(Cn1ncccc1=O)C12CC3CC(CC(C3)C1)C2. The standard InChI is InChI=1S/C17H25N3O/c1-18-15(11-20-16(21)3-2-4-19-20)17-8-12-5-13(9-17)7-14(6-12)10-17/h2-4,12-15,18H,5-11H2,1H3. The van der Waals surface area contributed by atoms with E-state index < -0.39 is 0 Å². The molecule has 1 aromatic rings. The first kappa shape index (κ1) is 13.5. The van der Waals surface area contributed by atoms with Crippen LogP contribution in [0.15, 0.2) is 23.1 Å². The fourth-order valence-electron chi connectivity index (χ4n) is 5.89. The zero-order valence-corrected chi connectivity index (χ0v) is 12.8. The molecule has 4 aliphatic carbocycles. The van der Waals surface area contributed by atoms with Gasteiger partial charge in [0.15, 0.2) is 0 Å². The molecule has 4 nitrogen and oxygen atoms in total. The van der Waals surface area contributed by atoms with Crippen molar-refractivity contribution < 1.29 is 0 Å². The van der Waals surface area contributed by atoms with Gasteiger partial charge in [0, 0.05) is 18.3 Å². The Morgan fingerprint density at radius 2 is 1.90 bits per heavy atom. The largest absolute Gasteiger partial charge is 0.315 e. The molecule has 0 aromatic carbocycles. The lowest BCUT2D eigenvalue weighted by molar-refractivity contribution is -0.0761. The van der Waals surface area contributed by atoms with Crippen LogP contribution in [0, 0.1) is 23.2 Å². The summed E-state index contributed by atoms with van der Waals surface area (Å²) >= 11 is 0. The molecule has 0 aliphatic heterocycles. The minimum atomic E-state index is 0.0162. The predicted octanol–water partition coefficient (Wildman–Crippen LogP) is 2.05. The molecular weight excluding hydrogens is 262 g/mol. The molecule has 5 rings (SSSR count). The number of hydrogen-bond acceptors (Lipinski definition) is 3. The lowest BCUT2D eigenvalue weighted by Crippen LogP contribution is -2.57. The van der Waals surface area contributed by atoms with Gasteiger partial charge in [-0.2, -0.15) is 5.10 Å². The van der Waals surface area contributed by atoms with Gasteiger partial charge in [-0.15, -0.1) is 0 Å². The minimum absolute atomic E-state index is 0.0162. The molecular formula is C17H25N3O.